The van der Waals surface area contributed by atoms with Gasteiger partial charge in [-0.1, -0.05) is 118 Å². The predicted octanol–water partition coefficient (Wildman–Crippen LogP) is 8.63. The molecule has 0 bridgehead atoms. The first-order valence-electron chi connectivity index (χ1n) is 12.4. The van der Waals surface area contributed by atoms with Gasteiger partial charge in [-0.15, -0.1) is 0 Å². The van der Waals surface area contributed by atoms with Crippen molar-refractivity contribution in [1.29, 1.82) is 5.41 Å². The van der Waals surface area contributed by atoms with Crippen LogP contribution >= 0.6 is 0 Å². The molecule has 2 heteroatoms. The average molecular weight is 381 g/mol. The van der Waals surface area contributed by atoms with Gasteiger partial charge in [0.15, 0.2) is 0 Å². The third-order valence-corrected chi connectivity index (χ3v) is 6.58. The molecule has 0 amide bonds. The smallest absolute Gasteiger partial charge is 0.0971 e. The van der Waals surface area contributed by atoms with Crippen molar-refractivity contribution in [2.75, 3.05) is 0 Å². The Morgan fingerprint density at radius 2 is 1.04 bits per heavy atom. The van der Waals surface area contributed by atoms with Gasteiger partial charge in [0.1, 0.15) is 0 Å². The summed E-state index contributed by atoms with van der Waals surface area (Å²) in [5, 5.41) is 8.62. The van der Waals surface area contributed by atoms with Gasteiger partial charge in [0.25, 0.3) is 0 Å². The highest BCUT2D eigenvalue weighted by atomic mass is 14.8. The lowest BCUT2D eigenvalue weighted by molar-refractivity contribution is 0.173. The highest BCUT2D eigenvalue weighted by Crippen LogP contribution is 2.44. The van der Waals surface area contributed by atoms with Gasteiger partial charge in [-0.25, -0.2) is 0 Å². The molecule has 0 spiro atoms. The van der Waals surface area contributed by atoms with E-state index < -0.39 is 0 Å². The summed E-state index contributed by atoms with van der Waals surface area (Å²) in [5.74, 6) is 1.13. The summed E-state index contributed by atoms with van der Waals surface area (Å²) >= 11 is 0. The molecule has 0 aliphatic carbocycles. The van der Waals surface area contributed by atoms with E-state index in [4.69, 9.17) is 11.1 Å². The van der Waals surface area contributed by atoms with Crippen molar-refractivity contribution in [3.05, 3.63) is 0 Å². The molecule has 1 unspecified atom stereocenters. The van der Waals surface area contributed by atoms with Gasteiger partial charge in [0.2, 0.25) is 0 Å². The van der Waals surface area contributed by atoms with Gasteiger partial charge in [-0.2, -0.15) is 0 Å². The normalized spacial score (nSPS) is 13.0. The summed E-state index contributed by atoms with van der Waals surface area (Å²) in [5.41, 5.74) is 6.36. The molecule has 0 saturated carbocycles. The first kappa shape index (κ1) is 26.5. The zero-order valence-corrected chi connectivity index (χ0v) is 19.4. The van der Waals surface area contributed by atoms with E-state index in [0.29, 0.717) is 11.8 Å². The molecule has 27 heavy (non-hydrogen) atoms. The number of rotatable bonds is 20. The maximum atomic E-state index is 8.62. The molecular formula is C25H52N2. The molecular weight excluding hydrogens is 328 g/mol. The predicted molar refractivity (Wildman–Crippen MR) is 124 cm³/mol. The SMILES string of the molecule is CCCCCCC(CCCC)C(CCCCCC)(CCCCCC)C(=N)N. The molecule has 0 rings (SSSR count). The van der Waals surface area contributed by atoms with E-state index in [9.17, 15) is 0 Å². The number of hydrogen-bond acceptors (Lipinski definition) is 1. The van der Waals surface area contributed by atoms with E-state index in [1.807, 2.05) is 0 Å². The molecule has 0 aromatic rings. The second kappa shape index (κ2) is 17.6. The number of hydrogen-bond donors (Lipinski definition) is 2. The van der Waals surface area contributed by atoms with Crippen LogP contribution in [-0.4, -0.2) is 5.84 Å². The van der Waals surface area contributed by atoms with Crippen LogP contribution in [0.25, 0.3) is 0 Å². The van der Waals surface area contributed by atoms with Crippen molar-refractivity contribution >= 4 is 5.84 Å². The Kier molecular flexibility index (Phi) is 17.2. The number of unbranched alkanes of at least 4 members (excludes halogenated alkanes) is 10. The zero-order chi connectivity index (χ0) is 20.4. The van der Waals surface area contributed by atoms with Crippen LogP contribution in [0.5, 0.6) is 0 Å². The Hall–Kier alpha value is -0.530. The fourth-order valence-corrected chi connectivity index (χ4v) is 4.72. The van der Waals surface area contributed by atoms with Crippen LogP contribution in [-0.2, 0) is 0 Å². The van der Waals surface area contributed by atoms with Crippen LogP contribution in [0.15, 0.2) is 0 Å². The molecule has 0 fully saturated rings. The second-order valence-corrected chi connectivity index (χ2v) is 8.88. The second-order valence-electron chi connectivity index (χ2n) is 8.88. The van der Waals surface area contributed by atoms with Crippen molar-refractivity contribution < 1.29 is 0 Å². The molecule has 162 valence electrons. The number of nitrogens with two attached hydrogens (primary N) is 1. The summed E-state index contributed by atoms with van der Waals surface area (Å²) in [6.07, 6.45) is 23.0. The van der Waals surface area contributed by atoms with Gasteiger partial charge in [0, 0.05) is 5.41 Å². The van der Waals surface area contributed by atoms with E-state index in [1.54, 1.807) is 0 Å². The van der Waals surface area contributed by atoms with Crippen molar-refractivity contribution in [2.45, 2.75) is 143 Å². The minimum Gasteiger partial charge on any atom is -0.387 e. The standard InChI is InChI=1S/C25H52N2/c1-5-9-13-16-20-23(19-12-8-4)25(24(26)27,21-17-14-10-6-2)22-18-15-11-7-3/h23H,5-22H2,1-4H3,(H3,26,27). The van der Waals surface area contributed by atoms with E-state index in [-0.39, 0.29) is 5.41 Å². The minimum atomic E-state index is -0.0249. The largest absolute Gasteiger partial charge is 0.387 e. The van der Waals surface area contributed by atoms with Crippen LogP contribution in [0.2, 0.25) is 0 Å². The highest BCUT2D eigenvalue weighted by Gasteiger charge is 2.39. The Morgan fingerprint density at radius 3 is 1.44 bits per heavy atom. The maximum Gasteiger partial charge on any atom is 0.0971 e. The lowest BCUT2D eigenvalue weighted by Gasteiger charge is -2.41. The monoisotopic (exact) mass is 380 g/mol. The van der Waals surface area contributed by atoms with Crippen LogP contribution in [0, 0.1) is 16.7 Å². The molecule has 0 saturated heterocycles. The fraction of sp³-hybridized carbons (Fsp3) is 0.960. The molecule has 0 aliphatic heterocycles. The van der Waals surface area contributed by atoms with Gasteiger partial charge < -0.3 is 5.73 Å². The topological polar surface area (TPSA) is 49.9 Å². The maximum absolute atomic E-state index is 8.62. The summed E-state index contributed by atoms with van der Waals surface area (Å²) in [7, 11) is 0. The van der Waals surface area contributed by atoms with Crippen molar-refractivity contribution in [3.8, 4) is 0 Å². The Labute approximate surface area is 172 Å². The molecule has 0 radical (unpaired) electrons. The lowest BCUT2D eigenvalue weighted by Crippen LogP contribution is -2.43. The van der Waals surface area contributed by atoms with E-state index in [2.05, 4.69) is 27.7 Å². The van der Waals surface area contributed by atoms with Gasteiger partial charge in [-0.3, -0.25) is 5.41 Å². The third-order valence-electron chi connectivity index (χ3n) is 6.58. The molecule has 0 aromatic heterocycles. The highest BCUT2D eigenvalue weighted by molar-refractivity contribution is 5.83. The first-order valence-corrected chi connectivity index (χ1v) is 12.4. The Morgan fingerprint density at radius 1 is 0.630 bits per heavy atom. The van der Waals surface area contributed by atoms with E-state index in [1.165, 1.54) is 103 Å². The molecule has 3 N–H and O–H groups in total. The summed E-state index contributed by atoms with van der Waals surface area (Å²) in [6.45, 7) is 9.14. The Bertz CT molecular complexity index is 325. The summed E-state index contributed by atoms with van der Waals surface area (Å²) in [4.78, 5) is 0. The van der Waals surface area contributed by atoms with Crippen molar-refractivity contribution in [2.24, 2.45) is 17.1 Å². The van der Waals surface area contributed by atoms with Crippen LogP contribution in [0.3, 0.4) is 0 Å². The average Bonchev–Trinajstić information content (AvgIpc) is 2.66. The van der Waals surface area contributed by atoms with Crippen LogP contribution in [0.4, 0.5) is 0 Å². The van der Waals surface area contributed by atoms with E-state index in [0.717, 1.165) is 12.8 Å². The fourth-order valence-electron chi connectivity index (χ4n) is 4.72. The minimum absolute atomic E-state index is 0.0249. The Balaban J connectivity index is 5.23. The van der Waals surface area contributed by atoms with E-state index >= 15 is 0 Å². The quantitative estimate of drug-likeness (QED) is 0.124. The van der Waals surface area contributed by atoms with Gasteiger partial charge >= 0.3 is 0 Å². The summed E-state index contributed by atoms with van der Waals surface area (Å²) in [6, 6.07) is 0. The lowest BCUT2D eigenvalue weighted by atomic mass is 9.64. The molecule has 0 aromatic carbocycles. The third kappa shape index (κ3) is 11.2. The van der Waals surface area contributed by atoms with Crippen LogP contribution < -0.4 is 5.73 Å². The molecule has 1 atom stereocenters. The summed E-state index contributed by atoms with van der Waals surface area (Å²) < 4.78 is 0. The van der Waals surface area contributed by atoms with Crippen molar-refractivity contribution in [3.63, 3.8) is 0 Å². The first-order chi connectivity index (χ1) is 13.1. The van der Waals surface area contributed by atoms with Gasteiger partial charge in [0.05, 0.1) is 5.84 Å². The van der Waals surface area contributed by atoms with Crippen molar-refractivity contribution in [1.82, 2.24) is 0 Å². The van der Waals surface area contributed by atoms with Gasteiger partial charge in [-0.05, 0) is 31.6 Å². The molecule has 2 nitrogen and oxygen atoms in total. The molecule has 0 heterocycles. The number of amidine groups is 1. The van der Waals surface area contributed by atoms with Crippen LogP contribution in [0.1, 0.15) is 143 Å². The number of nitrogens with one attached hydrogen (secondary N) is 1. The zero-order valence-electron chi connectivity index (χ0n) is 19.4. The molecule has 0 aliphatic rings.